The summed E-state index contributed by atoms with van der Waals surface area (Å²) >= 11 is 0. The second-order valence-electron chi connectivity index (χ2n) is 1.93. The average molecular weight is 176 g/mol. The van der Waals surface area contributed by atoms with Crippen molar-refractivity contribution in [3.05, 3.63) is 10.1 Å². The van der Waals surface area contributed by atoms with E-state index < -0.39 is 5.09 Å². The molecule has 0 saturated carbocycles. The Hall–Kier alpha value is -1.53. The minimum absolute atomic E-state index is 0.0108. The number of guanidine groups is 1. The molecule has 0 aliphatic rings. The normalized spacial score (nSPS) is 11.0. The van der Waals surface area contributed by atoms with Crippen molar-refractivity contribution in [1.29, 1.82) is 0 Å². The second kappa shape index (κ2) is 5.16. The van der Waals surface area contributed by atoms with Crippen LogP contribution >= 0.6 is 0 Å². The summed E-state index contributed by atoms with van der Waals surface area (Å²) < 4.78 is 0. The molecule has 0 atom stereocenters. The average Bonchev–Trinajstić information content (AvgIpc) is 2.03. The van der Waals surface area contributed by atoms with Crippen LogP contribution in [-0.4, -0.2) is 29.0 Å². The van der Waals surface area contributed by atoms with Crippen molar-refractivity contribution in [3.63, 3.8) is 0 Å². The lowest BCUT2D eigenvalue weighted by molar-refractivity contribution is -0.760. The van der Waals surface area contributed by atoms with Crippen molar-refractivity contribution in [3.8, 4) is 0 Å². The standard InChI is InChI=1S/C5H12N4O3/c1-3-8(4-2)5(6)7-12-9(10)11/h3-4H2,1-2H3,(H2,6,7). The lowest BCUT2D eigenvalue weighted by atomic mass is 10.5. The van der Waals surface area contributed by atoms with E-state index in [0.717, 1.165) is 0 Å². The summed E-state index contributed by atoms with van der Waals surface area (Å²) in [6.07, 6.45) is 0. The summed E-state index contributed by atoms with van der Waals surface area (Å²) in [6.45, 7) is 4.98. The van der Waals surface area contributed by atoms with E-state index in [1.54, 1.807) is 4.90 Å². The molecule has 0 aromatic carbocycles. The molecule has 0 saturated heterocycles. The van der Waals surface area contributed by atoms with E-state index in [2.05, 4.69) is 10.1 Å². The molecule has 0 bridgehead atoms. The second-order valence-corrected chi connectivity index (χ2v) is 1.93. The SMILES string of the molecule is CCN(CC)/C(N)=N/O[N+](=O)[O-]. The monoisotopic (exact) mass is 176 g/mol. The van der Waals surface area contributed by atoms with Gasteiger partial charge in [-0.1, -0.05) is 0 Å². The number of hydrogen-bond donors (Lipinski definition) is 1. The summed E-state index contributed by atoms with van der Waals surface area (Å²) in [6, 6.07) is 0. The molecule has 0 aliphatic heterocycles. The molecule has 0 spiro atoms. The Labute approximate surface area is 69.9 Å². The zero-order valence-electron chi connectivity index (χ0n) is 7.06. The molecule has 0 fully saturated rings. The Morgan fingerprint density at radius 2 is 2.17 bits per heavy atom. The number of nitrogens with two attached hydrogens (primary N) is 1. The largest absolute Gasteiger partial charge is 0.346 e. The summed E-state index contributed by atoms with van der Waals surface area (Å²) in [5.74, 6) is 0.0108. The lowest BCUT2D eigenvalue weighted by Gasteiger charge is -2.14. The number of rotatable bonds is 4. The Balaban J connectivity index is 4.04. The molecule has 12 heavy (non-hydrogen) atoms. The minimum Gasteiger partial charge on any atom is -0.346 e. The molecule has 7 nitrogen and oxygen atoms in total. The van der Waals surface area contributed by atoms with Gasteiger partial charge in [-0.15, -0.1) is 0 Å². The van der Waals surface area contributed by atoms with Crippen LogP contribution in [0.2, 0.25) is 0 Å². The van der Waals surface area contributed by atoms with Gasteiger partial charge >= 0.3 is 5.96 Å². The quantitative estimate of drug-likeness (QED) is 0.276. The number of hydrogen-bond acceptors (Lipinski definition) is 4. The van der Waals surface area contributed by atoms with Gasteiger partial charge in [0.15, 0.2) is 5.09 Å². The summed E-state index contributed by atoms with van der Waals surface area (Å²) in [7, 11) is 0. The van der Waals surface area contributed by atoms with Crippen LogP contribution in [0.15, 0.2) is 5.16 Å². The van der Waals surface area contributed by atoms with Crippen LogP contribution in [0.5, 0.6) is 0 Å². The maximum Gasteiger partial charge on any atom is 0.343 e. The van der Waals surface area contributed by atoms with Gasteiger partial charge in [0.1, 0.15) is 5.16 Å². The molecule has 70 valence electrons. The Kier molecular flexibility index (Phi) is 4.51. The van der Waals surface area contributed by atoms with E-state index in [1.807, 2.05) is 13.8 Å². The fraction of sp³-hybridized carbons (Fsp3) is 0.800. The molecule has 0 heterocycles. The highest BCUT2D eigenvalue weighted by molar-refractivity contribution is 5.77. The number of nitrogens with zero attached hydrogens (tertiary/aromatic N) is 3. The van der Waals surface area contributed by atoms with Gasteiger partial charge < -0.3 is 10.6 Å². The van der Waals surface area contributed by atoms with Gasteiger partial charge in [0, 0.05) is 13.1 Å². The molecule has 0 radical (unpaired) electrons. The van der Waals surface area contributed by atoms with Gasteiger partial charge in [-0.3, -0.25) is 0 Å². The fourth-order valence-electron chi connectivity index (χ4n) is 0.680. The topological polar surface area (TPSA) is 94.0 Å². The molecule has 0 aromatic rings. The van der Waals surface area contributed by atoms with Crippen LogP contribution in [0.1, 0.15) is 13.8 Å². The van der Waals surface area contributed by atoms with Gasteiger partial charge in [0.2, 0.25) is 0 Å². The first kappa shape index (κ1) is 10.5. The Bertz CT molecular complexity index is 178. The van der Waals surface area contributed by atoms with Crippen molar-refractivity contribution in [2.45, 2.75) is 13.8 Å². The molecule has 0 rings (SSSR count). The third kappa shape index (κ3) is 3.59. The summed E-state index contributed by atoms with van der Waals surface area (Å²) in [5, 5.41) is 11.8. The smallest absolute Gasteiger partial charge is 0.343 e. The van der Waals surface area contributed by atoms with Gasteiger partial charge in [0.25, 0.3) is 0 Å². The van der Waals surface area contributed by atoms with Crippen LogP contribution in [0, 0.1) is 10.1 Å². The Morgan fingerprint density at radius 1 is 1.67 bits per heavy atom. The molecule has 0 amide bonds. The zero-order valence-corrected chi connectivity index (χ0v) is 7.06. The van der Waals surface area contributed by atoms with Gasteiger partial charge in [-0.05, 0) is 13.8 Å². The third-order valence-corrected chi connectivity index (χ3v) is 1.29. The van der Waals surface area contributed by atoms with Crippen molar-refractivity contribution in [1.82, 2.24) is 4.90 Å². The predicted molar refractivity (Wildman–Crippen MR) is 42.6 cm³/mol. The highest BCUT2D eigenvalue weighted by Gasteiger charge is 2.07. The first-order chi connectivity index (χ1) is 5.61. The Morgan fingerprint density at radius 3 is 2.50 bits per heavy atom. The van der Waals surface area contributed by atoms with E-state index in [1.165, 1.54) is 0 Å². The highest BCUT2D eigenvalue weighted by atomic mass is 17.0. The van der Waals surface area contributed by atoms with Gasteiger partial charge in [-0.2, -0.15) is 4.94 Å². The van der Waals surface area contributed by atoms with Crippen LogP contribution in [0.4, 0.5) is 0 Å². The molecular weight excluding hydrogens is 164 g/mol. The van der Waals surface area contributed by atoms with Crippen LogP contribution in [0.25, 0.3) is 0 Å². The molecule has 2 N–H and O–H groups in total. The van der Waals surface area contributed by atoms with Crippen LogP contribution in [-0.2, 0) is 4.94 Å². The fourth-order valence-corrected chi connectivity index (χ4v) is 0.680. The van der Waals surface area contributed by atoms with Gasteiger partial charge in [0.05, 0.1) is 0 Å². The molecule has 0 unspecified atom stereocenters. The summed E-state index contributed by atoms with van der Waals surface area (Å²) in [4.78, 5) is 15.1. The molecular formula is C5H12N4O3. The third-order valence-electron chi connectivity index (χ3n) is 1.29. The maximum atomic E-state index is 9.71. The summed E-state index contributed by atoms with van der Waals surface area (Å²) in [5.41, 5.74) is 5.33. The van der Waals surface area contributed by atoms with Crippen molar-refractivity contribution >= 4 is 5.96 Å². The van der Waals surface area contributed by atoms with Crippen molar-refractivity contribution < 1.29 is 10.0 Å². The predicted octanol–water partition coefficient (Wildman–Crippen LogP) is -0.234. The lowest BCUT2D eigenvalue weighted by Crippen LogP contribution is -2.37. The zero-order chi connectivity index (χ0) is 9.56. The van der Waals surface area contributed by atoms with E-state index >= 15 is 0 Å². The van der Waals surface area contributed by atoms with Crippen LogP contribution in [0.3, 0.4) is 0 Å². The van der Waals surface area contributed by atoms with E-state index in [-0.39, 0.29) is 5.96 Å². The first-order valence-electron chi connectivity index (χ1n) is 3.51. The van der Waals surface area contributed by atoms with Crippen molar-refractivity contribution in [2.24, 2.45) is 10.9 Å². The molecule has 7 heteroatoms. The van der Waals surface area contributed by atoms with E-state index in [9.17, 15) is 10.1 Å². The first-order valence-corrected chi connectivity index (χ1v) is 3.51. The van der Waals surface area contributed by atoms with Crippen LogP contribution < -0.4 is 5.73 Å². The van der Waals surface area contributed by atoms with E-state index in [4.69, 9.17) is 5.73 Å². The number of oxime groups is 1. The molecule has 0 aliphatic carbocycles. The molecule has 0 aromatic heterocycles. The van der Waals surface area contributed by atoms with Crippen molar-refractivity contribution in [2.75, 3.05) is 13.1 Å². The maximum absolute atomic E-state index is 9.71. The van der Waals surface area contributed by atoms with Gasteiger partial charge in [-0.25, -0.2) is 10.1 Å². The van der Waals surface area contributed by atoms with E-state index in [0.29, 0.717) is 13.1 Å². The minimum atomic E-state index is -1.02. The highest BCUT2D eigenvalue weighted by Crippen LogP contribution is 1.87.